The standard InChI is InChI=1S/C17H18N4OS3/c1-12-4-6-13(7-5-12)19-15(22)11-24-17-21-20-16(25-17)18-9-8-14-3-2-10-23-14/h2-7,10H,8-9,11H2,1H3,(H,18,20)(H,19,22). The highest BCUT2D eigenvalue weighted by Crippen LogP contribution is 2.25. The highest BCUT2D eigenvalue weighted by Gasteiger charge is 2.08. The van der Waals surface area contributed by atoms with Gasteiger partial charge in [-0.2, -0.15) is 0 Å². The molecule has 2 aromatic heterocycles. The summed E-state index contributed by atoms with van der Waals surface area (Å²) in [6.45, 7) is 2.84. The fourth-order valence-corrected chi connectivity index (χ4v) is 4.33. The Labute approximate surface area is 158 Å². The van der Waals surface area contributed by atoms with Crippen molar-refractivity contribution in [3.63, 3.8) is 0 Å². The molecule has 0 bridgehead atoms. The van der Waals surface area contributed by atoms with Crippen LogP contribution in [-0.2, 0) is 11.2 Å². The molecule has 0 unspecified atom stereocenters. The van der Waals surface area contributed by atoms with Gasteiger partial charge < -0.3 is 10.6 Å². The summed E-state index contributed by atoms with van der Waals surface area (Å²) in [5.74, 6) is 0.272. The van der Waals surface area contributed by atoms with Gasteiger partial charge in [0.2, 0.25) is 11.0 Å². The second-order valence-electron chi connectivity index (χ2n) is 5.33. The van der Waals surface area contributed by atoms with Crippen molar-refractivity contribution in [1.29, 1.82) is 0 Å². The molecule has 3 rings (SSSR count). The molecule has 0 saturated carbocycles. The summed E-state index contributed by atoms with van der Waals surface area (Å²) in [5.41, 5.74) is 1.98. The van der Waals surface area contributed by atoms with Crippen molar-refractivity contribution in [3.8, 4) is 0 Å². The number of carbonyl (C=O) groups is 1. The van der Waals surface area contributed by atoms with E-state index in [2.05, 4.69) is 38.3 Å². The lowest BCUT2D eigenvalue weighted by Crippen LogP contribution is -2.13. The van der Waals surface area contributed by atoms with Gasteiger partial charge in [0.15, 0.2) is 4.34 Å². The molecule has 2 N–H and O–H groups in total. The number of nitrogens with one attached hydrogen (secondary N) is 2. The van der Waals surface area contributed by atoms with Gasteiger partial charge in [0.25, 0.3) is 0 Å². The van der Waals surface area contributed by atoms with Crippen molar-refractivity contribution >= 4 is 51.2 Å². The first kappa shape index (κ1) is 17.9. The molecule has 0 fully saturated rings. The molecule has 1 aromatic carbocycles. The Balaban J connectivity index is 1.40. The van der Waals surface area contributed by atoms with E-state index in [0.29, 0.717) is 5.75 Å². The smallest absolute Gasteiger partial charge is 0.234 e. The minimum Gasteiger partial charge on any atom is -0.360 e. The lowest BCUT2D eigenvalue weighted by atomic mass is 10.2. The molecular weight excluding hydrogens is 372 g/mol. The van der Waals surface area contributed by atoms with Crippen LogP contribution in [0.15, 0.2) is 46.1 Å². The quantitative estimate of drug-likeness (QED) is 0.562. The Kier molecular flexibility index (Phi) is 6.43. The van der Waals surface area contributed by atoms with E-state index < -0.39 is 0 Å². The zero-order valence-corrected chi connectivity index (χ0v) is 16.1. The number of benzene rings is 1. The molecule has 0 aliphatic carbocycles. The summed E-state index contributed by atoms with van der Waals surface area (Å²) in [6.07, 6.45) is 0.971. The number of aromatic nitrogens is 2. The third-order valence-electron chi connectivity index (χ3n) is 3.30. The summed E-state index contributed by atoms with van der Waals surface area (Å²) < 4.78 is 0.790. The number of carbonyl (C=O) groups excluding carboxylic acids is 1. The monoisotopic (exact) mass is 390 g/mol. The van der Waals surface area contributed by atoms with Gasteiger partial charge in [-0.25, -0.2) is 0 Å². The molecule has 8 heteroatoms. The predicted molar refractivity (Wildman–Crippen MR) is 107 cm³/mol. The van der Waals surface area contributed by atoms with E-state index in [1.807, 2.05) is 31.2 Å². The van der Waals surface area contributed by atoms with Gasteiger partial charge in [0, 0.05) is 17.1 Å². The van der Waals surface area contributed by atoms with E-state index in [1.165, 1.54) is 33.5 Å². The minimum atomic E-state index is -0.0451. The molecule has 1 amide bonds. The van der Waals surface area contributed by atoms with Crippen molar-refractivity contribution in [1.82, 2.24) is 10.2 Å². The molecule has 0 radical (unpaired) electrons. The van der Waals surface area contributed by atoms with Gasteiger partial charge >= 0.3 is 0 Å². The molecule has 0 atom stereocenters. The fourth-order valence-electron chi connectivity index (χ4n) is 2.05. The Morgan fingerprint density at radius 1 is 1.20 bits per heavy atom. The fraction of sp³-hybridized carbons (Fsp3) is 0.235. The molecular formula is C17H18N4OS3. The van der Waals surface area contributed by atoms with Crippen LogP contribution in [0.1, 0.15) is 10.4 Å². The highest BCUT2D eigenvalue weighted by atomic mass is 32.2. The zero-order valence-electron chi connectivity index (χ0n) is 13.7. The Morgan fingerprint density at radius 2 is 2.04 bits per heavy atom. The number of thiophene rings is 1. The summed E-state index contributed by atoms with van der Waals surface area (Å²) in [6, 6.07) is 11.9. The Bertz CT molecular complexity index is 800. The molecule has 2 heterocycles. The molecule has 3 aromatic rings. The number of rotatable bonds is 8. The molecule has 0 aliphatic rings. The van der Waals surface area contributed by atoms with Crippen LogP contribution >= 0.6 is 34.4 Å². The first-order chi connectivity index (χ1) is 12.2. The first-order valence-corrected chi connectivity index (χ1v) is 10.5. The van der Waals surface area contributed by atoms with Crippen molar-refractivity contribution in [2.75, 3.05) is 22.9 Å². The average Bonchev–Trinajstić information content (AvgIpc) is 3.27. The highest BCUT2D eigenvalue weighted by molar-refractivity contribution is 8.01. The second kappa shape index (κ2) is 8.98. The average molecular weight is 391 g/mol. The van der Waals surface area contributed by atoms with Crippen LogP contribution in [0.5, 0.6) is 0 Å². The molecule has 5 nitrogen and oxygen atoms in total. The maximum Gasteiger partial charge on any atom is 0.234 e. The SMILES string of the molecule is Cc1ccc(NC(=O)CSc2nnc(NCCc3cccs3)s2)cc1. The van der Waals surface area contributed by atoms with E-state index in [0.717, 1.165) is 28.1 Å². The number of thioether (sulfide) groups is 1. The normalized spacial score (nSPS) is 10.6. The van der Waals surface area contributed by atoms with Crippen LogP contribution in [0.2, 0.25) is 0 Å². The third-order valence-corrected chi connectivity index (χ3v) is 6.25. The van der Waals surface area contributed by atoms with E-state index in [-0.39, 0.29) is 5.91 Å². The van der Waals surface area contributed by atoms with Crippen molar-refractivity contribution in [2.24, 2.45) is 0 Å². The first-order valence-electron chi connectivity index (χ1n) is 7.78. The largest absolute Gasteiger partial charge is 0.360 e. The summed E-state index contributed by atoms with van der Waals surface area (Å²) in [5, 5.41) is 17.3. The van der Waals surface area contributed by atoms with E-state index in [1.54, 1.807) is 11.3 Å². The van der Waals surface area contributed by atoms with Crippen LogP contribution in [0.3, 0.4) is 0 Å². The summed E-state index contributed by atoms with van der Waals surface area (Å²) in [7, 11) is 0. The number of hydrogen-bond donors (Lipinski definition) is 2. The maximum absolute atomic E-state index is 12.0. The third kappa shape index (κ3) is 5.84. The molecule has 0 saturated heterocycles. The molecule has 0 spiro atoms. The maximum atomic E-state index is 12.0. The van der Waals surface area contributed by atoms with Crippen molar-refractivity contribution < 1.29 is 4.79 Å². The van der Waals surface area contributed by atoms with Gasteiger partial charge in [0.05, 0.1) is 5.75 Å². The van der Waals surface area contributed by atoms with Crippen LogP contribution < -0.4 is 10.6 Å². The topological polar surface area (TPSA) is 66.9 Å². The summed E-state index contributed by atoms with van der Waals surface area (Å²) in [4.78, 5) is 13.3. The van der Waals surface area contributed by atoms with Gasteiger partial charge in [0.1, 0.15) is 0 Å². The second-order valence-corrected chi connectivity index (χ2v) is 8.56. The molecule has 25 heavy (non-hydrogen) atoms. The number of aryl methyl sites for hydroxylation is 1. The van der Waals surface area contributed by atoms with Gasteiger partial charge in [-0.3, -0.25) is 4.79 Å². The lowest BCUT2D eigenvalue weighted by Gasteiger charge is -2.04. The minimum absolute atomic E-state index is 0.0451. The van der Waals surface area contributed by atoms with Crippen molar-refractivity contribution in [3.05, 3.63) is 52.2 Å². The van der Waals surface area contributed by atoms with Gasteiger partial charge in [-0.05, 0) is 36.9 Å². The van der Waals surface area contributed by atoms with Crippen LogP contribution in [0, 0.1) is 6.92 Å². The number of hydrogen-bond acceptors (Lipinski definition) is 7. The Morgan fingerprint density at radius 3 is 2.80 bits per heavy atom. The molecule has 0 aliphatic heterocycles. The van der Waals surface area contributed by atoms with Crippen molar-refractivity contribution in [2.45, 2.75) is 17.7 Å². The predicted octanol–water partition coefficient (Wildman–Crippen LogP) is 4.29. The zero-order chi connectivity index (χ0) is 17.5. The van der Waals surface area contributed by atoms with Crippen LogP contribution in [0.25, 0.3) is 0 Å². The van der Waals surface area contributed by atoms with E-state index >= 15 is 0 Å². The molecule has 130 valence electrons. The number of nitrogens with zero attached hydrogens (tertiary/aromatic N) is 2. The summed E-state index contributed by atoms with van der Waals surface area (Å²) >= 11 is 4.63. The number of anilines is 2. The van der Waals surface area contributed by atoms with Crippen LogP contribution in [-0.4, -0.2) is 28.4 Å². The van der Waals surface area contributed by atoms with E-state index in [4.69, 9.17) is 0 Å². The van der Waals surface area contributed by atoms with Gasteiger partial charge in [-0.1, -0.05) is 46.9 Å². The lowest BCUT2D eigenvalue weighted by molar-refractivity contribution is -0.113. The van der Waals surface area contributed by atoms with Gasteiger partial charge in [-0.15, -0.1) is 21.5 Å². The van der Waals surface area contributed by atoms with Crippen LogP contribution in [0.4, 0.5) is 10.8 Å². The van der Waals surface area contributed by atoms with E-state index in [9.17, 15) is 4.79 Å². The Hall–Kier alpha value is -1.90. The number of amides is 1.